The topological polar surface area (TPSA) is 60.9 Å². The Kier molecular flexibility index (Phi) is 3.49. The minimum atomic E-state index is 0.109. The number of nitrogens with zero attached hydrogens (tertiary/aromatic N) is 6. The first-order valence-corrected chi connectivity index (χ1v) is 8.22. The molecule has 0 aliphatic rings. The number of fused-ring (bicyclic) bond motifs is 3. The van der Waals surface area contributed by atoms with Gasteiger partial charge in [-0.3, -0.25) is 4.68 Å². The SMILES string of the molecule is Cc1nn(C[C@H](C)c2nc3c4ccccc4ncn3n2)c(C)c1Cl. The van der Waals surface area contributed by atoms with Crippen LogP contribution >= 0.6 is 11.6 Å². The van der Waals surface area contributed by atoms with Crippen molar-refractivity contribution in [2.75, 3.05) is 0 Å². The molecular weight excluding hydrogens is 324 g/mol. The third-order valence-electron chi connectivity index (χ3n) is 4.28. The van der Waals surface area contributed by atoms with Crippen molar-refractivity contribution in [1.29, 1.82) is 0 Å². The Bertz CT molecular complexity index is 1050. The summed E-state index contributed by atoms with van der Waals surface area (Å²) in [6.07, 6.45) is 1.71. The van der Waals surface area contributed by atoms with Gasteiger partial charge in [0.15, 0.2) is 11.5 Å². The molecule has 0 spiro atoms. The van der Waals surface area contributed by atoms with Crippen LogP contribution in [0, 0.1) is 13.8 Å². The Morgan fingerprint density at radius 3 is 2.71 bits per heavy atom. The van der Waals surface area contributed by atoms with Crippen LogP contribution in [0.1, 0.15) is 30.1 Å². The van der Waals surface area contributed by atoms with Crippen molar-refractivity contribution in [3.05, 3.63) is 52.8 Å². The van der Waals surface area contributed by atoms with Gasteiger partial charge in [0.25, 0.3) is 0 Å². The molecule has 1 atom stereocenters. The Hall–Kier alpha value is -2.47. The van der Waals surface area contributed by atoms with Gasteiger partial charge < -0.3 is 0 Å². The number of benzene rings is 1. The monoisotopic (exact) mass is 340 g/mol. The van der Waals surface area contributed by atoms with Gasteiger partial charge in [-0.25, -0.2) is 14.5 Å². The summed E-state index contributed by atoms with van der Waals surface area (Å²) < 4.78 is 3.66. The lowest BCUT2D eigenvalue weighted by molar-refractivity contribution is 0.512. The fraction of sp³-hybridized carbons (Fsp3) is 0.294. The van der Waals surface area contributed by atoms with Crippen LogP contribution in [0.5, 0.6) is 0 Å². The molecule has 4 aromatic rings. The molecule has 0 N–H and O–H groups in total. The lowest BCUT2D eigenvalue weighted by Gasteiger charge is -2.09. The number of hydrogen-bond acceptors (Lipinski definition) is 4. The molecule has 0 saturated heterocycles. The number of rotatable bonds is 3. The van der Waals surface area contributed by atoms with Crippen molar-refractivity contribution in [2.24, 2.45) is 0 Å². The van der Waals surface area contributed by atoms with Crippen molar-refractivity contribution >= 4 is 28.2 Å². The maximum atomic E-state index is 6.23. The molecule has 1 aromatic carbocycles. The molecule has 24 heavy (non-hydrogen) atoms. The van der Waals surface area contributed by atoms with Crippen molar-refractivity contribution in [1.82, 2.24) is 29.4 Å². The van der Waals surface area contributed by atoms with Gasteiger partial charge in [-0.15, -0.1) is 5.10 Å². The number of aromatic nitrogens is 6. The fourth-order valence-electron chi connectivity index (χ4n) is 2.90. The summed E-state index contributed by atoms with van der Waals surface area (Å²) >= 11 is 6.23. The molecule has 122 valence electrons. The van der Waals surface area contributed by atoms with Crippen LogP contribution in [-0.2, 0) is 6.54 Å². The molecule has 3 heterocycles. The summed E-state index contributed by atoms with van der Waals surface area (Å²) in [6, 6.07) is 7.95. The Labute approximate surface area is 144 Å². The first-order valence-electron chi connectivity index (χ1n) is 7.84. The van der Waals surface area contributed by atoms with E-state index in [1.165, 1.54) is 0 Å². The van der Waals surface area contributed by atoms with E-state index in [-0.39, 0.29) is 5.92 Å². The molecule has 0 unspecified atom stereocenters. The van der Waals surface area contributed by atoms with Crippen LogP contribution in [0.4, 0.5) is 0 Å². The summed E-state index contributed by atoms with van der Waals surface area (Å²) in [5.41, 5.74) is 3.56. The standard InChI is InChI=1S/C17H17ClN6/c1-10(8-23-12(3)15(18)11(2)21-23)16-20-17-13-6-4-5-7-14(13)19-9-24(17)22-16/h4-7,9-10H,8H2,1-3H3/t10-/m0/s1. The zero-order valence-corrected chi connectivity index (χ0v) is 14.5. The van der Waals surface area contributed by atoms with Gasteiger partial charge in [0.05, 0.1) is 28.5 Å². The zero-order valence-electron chi connectivity index (χ0n) is 13.7. The highest BCUT2D eigenvalue weighted by Gasteiger charge is 2.17. The second-order valence-corrected chi connectivity index (χ2v) is 6.45. The average Bonchev–Trinajstić information content (AvgIpc) is 3.13. The van der Waals surface area contributed by atoms with Gasteiger partial charge in [-0.1, -0.05) is 30.7 Å². The second kappa shape index (κ2) is 5.56. The molecule has 0 bridgehead atoms. The summed E-state index contributed by atoms with van der Waals surface area (Å²) in [5, 5.41) is 10.8. The van der Waals surface area contributed by atoms with Crippen molar-refractivity contribution < 1.29 is 0 Å². The molecular formula is C17H17ClN6. The maximum Gasteiger partial charge on any atom is 0.166 e. The Morgan fingerprint density at radius 2 is 1.96 bits per heavy atom. The molecule has 0 saturated carbocycles. The molecule has 4 rings (SSSR count). The molecule has 0 aliphatic heterocycles. The summed E-state index contributed by atoms with van der Waals surface area (Å²) in [5.74, 6) is 0.884. The molecule has 7 heteroatoms. The van der Waals surface area contributed by atoms with Crippen LogP contribution in [0.2, 0.25) is 5.02 Å². The minimum absolute atomic E-state index is 0.109. The van der Waals surface area contributed by atoms with Gasteiger partial charge in [0.2, 0.25) is 0 Å². The molecule has 0 radical (unpaired) electrons. The number of aryl methyl sites for hydroxylation is 1. The lowest BCUT2D eigenvalue weighted by atomic mass is 10.1. The third kappa shape index (κ3) is 2.34. The normalized spacial score (nSPS) is 13.0. The van der Waals surface area contributed by atoms with Gasteiger partial charge in [-0.2, -0.15) is 5.10 Å². The van der Waals surface area contributed by atoms with E-state index in [0.717, 1.165) is 38.8 Å². The van der Waals surface area contributed by atoms with E-state index in [9.17, 15) is 0 Å². The van der Waals surface area contributed by atoms with Crippen molar-refractivity contribution in [2.45, 2.75) is 33.2 Å². The first kappa shape index (κ1) is 15.1. The van der Waals surface area contributed by atoms with Crippen LogP contribution in [0.3, 0.4) is 0 Å². The molecule has 0 amide bonds. The fourth-order valence-corrected chi connectivity index (χ4v) is 3.03. The van der Waals surface area contributed by atoms with Crippen molar-refractivity contribution in [3.8, 4) is 0 Å². The second-order valence-electron chi connectivity index (χ2n) is 6.07. The largest absolute Gasteiger partial charge is 0.267 e. The minimum Gasteiger partial charge on any atom is -0.267 e. The molecule has 0 aliphatic carbocycles. The van der Waals surface area contributed by atoms with Gasteiger partial charge >= 0.3 is 0 Å². The third-order valence-corrected chi connectivity index (χ3v) is 4.83. The van der Waals surface area contributed by atoms with E-state index in [1.807, 2.05) is 42.8 Å². The predicted molar refractivity (Wildman–Crippen MR) is 93.4 cm³/mol. The van der Waals surface area contributed by atoms with Gasteiger partial charge in [0.1, 0.15) is 6.33 Å². The van der Waals surface area contributed by atoms with E-state index in [0.29, 0.717) is 6.54 Å². The van der Waals surface area contributed by atoms with Gasteiger partial charge in [0, 0.05) is 11.3 Å². The average molecular weight is 341 g/mol. The molecule has 6 nitrogen and oxygen atoms in total. The van der Waals surface area contributed by atoms with E-state index in [1.54, 1.807) is 10.8 Å². The zero-order chi connectivity index (χ0) is 16.8. The van der Waals surface area contributed by atoms with Crippen LogP contribution in [0.15, 0.2) is 30.6 Å². The highest BCUT2D eigenvalue weighted by molar-refractivity contribution is 6.31. The van der Waals surface area contributed by atoms with Crippen LogP contribution in [-0.4, -0.2) is 29.4 Å². The highest BCUT2D eigenvalue weighted by Crippen LogP contribution is 2.23. The van der Waals surface area contributed by atoms with E-state index < -0.39 is 0 Å². The van der Waals surface area contributed by atoms with E-state index in [4.69, 9.17) is 16.6 Å². The Morgan fingerprint density at radius 1 is 1.17 bits per heavy atom. The number of hydrogen-bond donors (Lipinski definition) is 0. The van der Waals surface area contributed by atoms with E-state index in [2.05, 4.69) is 22.1 Å². The quantitative estimate of drug-likeness (QED) is 0.572. The number of halogens is 1. The van der Waals surface area contributed by atoms with Gasteiger partial charge in [-0.05, 0) is 26.0 Å². The maximum absolute atomic E-state index is 6.23. The molecule has 3 aromatic heterocycles. The number of para-hydroxylation sites is 1. The van der Waals surface area contributed by atoms with Crippen LogP contribution < -0.4 is 0 Å². The summed E-state index contributed by atoms with van der Waals surface area (Å²) in [7, 11) is 0. The molecule has 0 fully saturated rings. The van der Waals surface area contributed by atoms with Crippen LogP contribution in [0.25, 0.3) is 16.6 Å². The first-order chi connectivity index (χ1) is 11.5. The van der Waals surface area contributed by atoms with Crippen molar-refractivity contribution in [3.63, 3.8) is 0 Å². The smallest absolute Gasteiger partial charge is 0.166 e. The Balaban J connectivity index is 1.73. The highest BCUT2D eigenvalue weighted by atomic mass is 35.5. The van der Waals surface area contributed by atoms with E-state index >= 15 is 0 Å². The predicted octanol–water partition coefficient (Wildman–Crippen LogP) is 3.55. The summed E-state index contributed by atoms with van der Waals surface area (Å²) in [4.78, 5) is 9.15. The lowest BCUT2D eigenvalue weighted by Crippen LogP contribution is -2.10. The summed E-state index contributed by atoms with van der Waals surface area (Å²) in [6.45, 7) is 6.66.